The molecule has 0 bridgehead atoms. The molecule has 0 fully saturated rings. The molecule has 0 radical (unpaired) electrons. The Kier molecular flexibility index (Phi) is 5.68. The standard InChI is InChI=1S/C19H25N5O2/c1-5-14(12-26-6-2)24(3)16-11-13(7-9-20-16)18-17-15(22-23-18)8-10-21-19(17)25-4/h7-11,14H,5-6,12H2,1-4H3,(H,22,23)/t14-/m0/s1. The maximum Gasteiger partial charge on any atom is 0.224 e. The Balaban J connectivity index is 1.97. The highest BCUT2D eigenvalue weighted by Crippen LogP contribution is 2.33. The van der Waals surface area contributed by atoms with Gasteiger partial charge >= 0.3 is 0 Å². The third-order valence-electron chi connectivity index (χ3n) is 4.55. The Hall–Kier alpha value is -2.67. The van der Waals surface area contributed by atoms with E-state index < -0.39 is 0 Å². The smallest absolute Gasteiger partial charge is 0.224 e. The molecular weight excluding hydrogens is 330 g/mol. The molecule has 3 aromatic rings. The van der Waals surface area contributed by atoms with Gasteiger partial charge in [-0.3, -0.25) is 5.10 Å². The summed E-state index contributed by atoms with van der Waals surface area (Å²) in [6, 6.07) is 6.14. The number of methoxy groups -OCH3 is 1. The van der Waals surface area contributed by atoms with Crippen molar-refractivity contribution in [2.75, 3.05) is 32.3 Å². The molecule has 7 heteroatoms. The summed E-state index contributed by atoms with van der Waals surface area (Å²) in [4.78, 5) is 11.0. The fraction of sp³-hybridized carbons (Fsp3) is 0.421. The molecule has 0 amide bonds. The Morgan fingerprint density at radius 3 is 2.73 bits per heavy atom. The average molecular weight is 355 g/mol. The lowest BCUT2D eigenvalue weighted by molar-refractivity contribution is 0.130. The molecule has 3 heterocycles. The lowest BCUT2D eigenvalue weighted by Crippen LogP contribution is -2.35. The number of pyridine rings is 2. The van der Waals surface area contributed by atoms with E-state index in [0.29, 0.717) is 19.1 Å². The number of nitrogens with one attached hydrogen (secondary N) is 1. The van der Waals surface area contributed by atoms with Gasteiger partial charge in [-0.25, -0.2) is 9.97 Å². The second-order valence-corrected chi connectivity index (χ2v) is 6.05. The lowest BCUT2D eigenvalue weighted by atomic mass is 10.1. The summed E-state index contributed by atoms with van der Waals surface area (Å²) in [6.45, 7) is 5.56. The highest BCUT2D eigenvalue weighted by Gasteiger charge is 2.18. The van der Waals surface area contributed by atoms with Gasteiger partial charge in [-0.1, -0.05) is 6.92 Å². The second kappa shape index (κ2) is 8.14. The summed E-state index contributed by atoms with van der Waals surface area (Å²) in [7, 11) is 3.66. The van der Waals surface area contributed by atoms with Crippen molar-refractivity contribution in [3.8, 4) is 17.1 Å². The van der Waals surface area contributed by atoms with Crippen LogP contribution in [0.2, 0.25) is 0 Å². The van der Waals surface area contributed by atoms with Gasteiger partial charge in [0.15, 0.2) is 0 Å². The summed E-state index contributed by atoms with van der Waals surface area (Å²) in [6.07, 6.45) is 4.48. The number of likely N-dealkylation sites (N-methyl/N-ethyl adjacent to an activating group) is 1. The predicted octanol–water partition coefficient (Wildman–Crippen LogP) is 3.28. The fourth-order valence-electron chi connectivity index (χ4n) is 3.00. The molecule has 3 rings (SSSR count). The number of H-pyrrole nitrogens is 1. The second-order valence-electron chi connectivity index (χ2n) is 6.05. The quantitative estimate of drug-likeness (QED) is 0.668. The Labute approximate surface area is 153 Å². The van der Waals surface area contributed by atoms with Crippen LogP contribution in [-0.4, -0.2) is 53.6 Å². The maximum atomic E-state index is 5.61. The number of aromatic nitrogens is 4. The first-order valence-electron chi connectivity index (χ1n) is 8.83. The minimum Gasteiger partial charge on any atom is -0.480 e. The van der Waals surface area contributed by atoms with Crippen molar-refractivity contribution in [2.24, 2.45) is 0 Å². The van der Waals surface area contributed by atoms with Gasteiger partial charge in [-0.05, 0) is 31.5 Å². The number of nitrogens with zero attached hydrogens (tertiary/aromatic N) is 4. The number of rotatable bonds is 8. The average Bonchev–Trinajstić information content (AvgIpc) is 3.12. The molecule has 0 aromatic carbocycles. The lowest BCUT2D eigenvalue weighted by Gasteiger charge is -2.28. The monoisotopic (exact) mass is 355 g/mol. The van der Waals surface area contributed by atoms with E-state index in [1.807, 2.05) is 32.2 Å². The molecule has 0 unspecified atom stereocenters. The SMILES string of the molecule is CCOC[C@H](CC)N(C)c1cc(-c2n[nH]c3ccnc(OC)c23)ccn1. The molecule has 26 heavy (non-hydrogen) atoms. The van der Waals surface area contributed by atoms with Crippen molar-refractivity contribution in [1.82, 2.24) is 20.2 Å². The van der Waals surface area contributed by atoms with Crippen molar-refractivity contribution in [3.63, 3.8) is 0 Å². The molecule has 7 nitrogen and oxygen atoms in total. The zero-order valence-corrected chi connectivity index (χ0v) is 15.7. The molecule has 1 N–H and O–H groups in total. The number of hydrogen-bond acceptors (Lipinski definition) is 6. The minimum atomic E-state index is 0.268. The van der Waals surface area contributed by atoms with Gasteiger partial charge in [-0.2, -0.15) is 5.10 Å². The van der Waals surface area contributed by atoms with E-state index in [4.69, 9.17) is 9.47 Å². The van der Waals surface area contributed by atoms with Crippen LogP contribution in [0.4, 0.5) is 5.82 Å². The zero-order valence-electron chi connectivity index (χ0n) is 15.7. The molecule has 1 atom stereocenters. The van der Waals surface area contributed by atoms with E-state index >= 15 is 0 Å². The van der Waals surface area contributed by atoms with Crippen molar-refractivity contribution >= 4 is 16.7 Å². The van der Waals surface area contributed by atoms with Crippen LogP contribution in [0.3, 0.4) is 0 Å². The maximum absolute atomic E-state index is 5.61. The summed E-state index contributed by atoms with van der Waals surface area (Å²) in [5.74, 6) is 1.44. The molecule has 0 aliphatic heterocycles. The Morgan fingerprint density at radius 1 is 1.19 bits per heavy atom. The molecule has 0 aliphatic carbocycles. The van der Waals surface area contributed by atoms with E-state index in [1.54, 1.807) is 19.5 Å². The largest absolute Gasteiger partial charge is 0.480 e. The molecular formula is C19H25N5O2. The van der Waals surface area contributed by atoms with E-state index in [9.17, 15) is 0 Å². The Morgan fingerprint density at radius 2 is 2.00 bits per heavy atom. The number of anilines is 1. The first-order chi connectivity index (χ1) is 12.7. The highest BCUT2D eigenvalue weighted by molar-refractivity contribution is 5.96. The number of fused-ring (bicyclic) bond motifs is 1. The van der Waals surface area contributed by atoms with E-state index in [0.717, 1.165) is 34.4 Å². The summed E-state index contributed by atoms with van der Waals surface area (Å²) in [5, 5.41) is 8.39. The fourth-order valence-corrected chi connectivity index (χ4v) is 3.00. The summed E-state index contributed by atoms with van der Waals surface area (Å²) < 4.78 is 11.0. The van der Waals surface area contributed by atoms with Crippen molar-refractivity contribution < 1.29 is 9.47 Å². The van der Waals surface area contributed by atoms with Crippen molar-refractivity contribution in [1.29, 1.82) is 0 Å². The van der Waals surface area contributed by atoms with Gasteiger partial charge in [0.25, 0.3) is 0 Å². The van der Waals surface area contributed by atoms with E-state index in [-0.39, 0.29) is 6.04 Å². The predicted molar refractivity (Wildman–Crippen MR) is 103 cm³/mol. The first kappa shape index (κ1) is 18.1. The molecule has 0 spiro atoms. The van der Waals surface area contributed by atoms with Crippen LogP contribution in [-0.2, 0) is 4.74 Å². The zero-order chi connectivity index (χ0) is 18.5. The van der Waals surface area contributed by atoms with Crippen LogP contribution in [0.1, 0.15) is 20.3 Å². The molecule has 0 aliphatic rings. The van der Waals surface area contributed by atoms with E-state index in [1.165, 1.54) is 0 Å². The van der Waals surface area contributed by atoms with Crippen LogP contribution in [0, 0.1) is 0 Å². The van der Waals surface area contributed by atoms with Crippen molar-refractivity contribution in [2.45, 2.75) is 26.3 Å². The number of hydrogen-bond donors (Lipinski definition) is 1. The highest BCUT2D eigenvalue weighted by atomic mass is 16.5. The summed E-state index contributed by atoms with van der Waals surface area (Å²) >= 11 is 0. The van der Waals surface area contributed by atoms with Gasteiger partial charge in [0.2, 0.25) is 5.88 Å². The van der Waals surface area contributed by atoms with Crippen molar-refractivity contribution in [3.05, 3.63) is 30.6 Å². The third kappa shape index (κ3) is 3.48. The van der Waals surface area contributed by atoms with Crippen LogP contribution >= 0.6 is 0 Å². The van der Waals surface area contributed by atoms with Gasteiger partial charge in [0, 0.05) is 31.6 Å². The first-order valence-corrected chi connectivity index (χ1v) is 8.83. The third-order valence-corrected chi connectivity index (χ3v) is 4.55. The Bertz CT molecular complexity index is 864. The number of ether oxygens (including phenoxy) is 2. The van der Waals surface area contributed by atoms with Crippen LogP contribution in [0.15, 0.2) is 30.6 Å². The van der Waals surface area contributed by atoms with Crippen LogP contribution in [0.25, 0.3) is 22.2 Å². The van der Waals surface area contributed by atoms with Gasteiger partial charge < -0.3 is 14.4 Å². The molecule has 138 valence electrons. The molecule has 0 saturated heterocycles. The molecule has 0 saturated carbocycles. The van der Waals surface area contributed by atoms with Crippen LogP contribution < -0.4 is 9.64 Å². The number of aromatic amines is 1. The van der Waals surface area contributed by atoms with E-state index in [2.05, 4.69) is 32.0 Å². The minimum absolute atomic E-state index is 0.268. The van der Waals surface area contributed by atoms with Gasteiger partial charge in [0.1, 0.15) is 11.5 Å². The van der Waals surface area contributed by atoms with Crippen LogP contribution in [0.5, 0.6) is 5.88 Å². The normalized spacial score (nSPS) is 12.3. The topological polar surface area (TPSA) is 76.2 Å². The van der Waals surface area contributed by atoms with Gasteiger partial charge in [0.05, 0.1) is 30.7 Å². The van der Waals surface area contributed by atoms with Gasteiger partial charge in [-0.15, -0.1) is 0 Å². The molecule has 3 aromatic heterocycles. The summed E-state index contributed by atoms with van der Waals surface area (Å²) in [5.41, 5.74) is 2.66.